The van der Waals surface area contributed by atoms with Gasteiger partial charge in [-0.3, -0.25) is 28.9 Å². The first-order valence-corrected chi connectivity index (χ1v) is 20.0. The Morgan fingerprint density at radius 2 is 1.50 bits per heavy atom. The van der Waals surface area contributed by atoms with Crippen molar-refractivity contribution in [3.8, 4) is 0 Å². The maximum absolute atomic E-state index is 14.5. The van der Waals surface area contributed by atoms with E-state index in [9.17, 15) is 38.7 Å². The van der Waals surface area contributed by atoms with Gasteiger partial charge >= 0.3 is 18.2 Å². The zero-order valence-electron chi connectivity index (χ0n) is 34.0. The number of Topliss-reactive ketones (excluding diaryl/α,β-unsaturated/α-hetero) is 1. The molecule has 3 rings (SSSR count). The van der Waals surface area contributed by atoms with Crippen molar-refractivity contribution >= 4 is 41.7 Å². The van der Waals surface area contributed by atoms with Gasteiger partial charge in [0.15, 0.2) is 0 Å². The molecule has 2 aliphatic rings. The Labute approximate surface area is 331 Å². The van der Waals surface area contributed by atoms with Crippen molar-refractivity contribution in [3.63, 3.8) is 0 Å². The van der Waals surface area contributed by atoms with Crippen molar-refractivity contribution in [2.75, 3.05) is 26.2 Å². The highest BCUT2D eigenvalue weighted by Crippen LogP contribution is 2.31. The standard InChI is InChI=1S/C41H63N5O10/c1-40(2,3)55-38(53)43-23-14-13-20-30(34(49)36(51)42-24-22-28-16-9-7-10-17-28)44-35(50)31-21-15-25-45(31)37(52)32(26-29-18-11-8-12-19-29)46(27-33(47)48)39(54)56-41(4,5)6/h7,9-10,16-17,29-32H,8,11-15,18-27H2,1-6H3,(H,42,51)(H,43,53)(H,44,50)(H,47,48)/t30-,31-,32+/m0/s1. The Morgan fingerprint density at radius 3 is 2.12 bits per heavy atom. The van der Waals surface area contributed by atoms with Crippen LogP contribution in [0.1, 0.15) is 118 Å². The van der Waals surface area contributed by atoms with Gasteiger partial charge in [-0.2, -0.15) is 0 Å². The van der Waals surface area contributed by atoms with Crippen LogP contribution in [0.15, 0.2) is 30.3 Å². The minimum atomic E-state index is -1.31. The van der Waals surface area contributed by atoms with Gasteiger partial charge in [-0.1, -0.05) is 62.4 Å². The number of carbonyl (C=O) groups excluding carboxylic acids is 6. The molecule has 1 saturated carbocycles. The minimum Gasteiger partial charge on any atom is -0.480 e. The van der Waals surface area contributed by atoms with E-state index in [2.05, 4.69) is 16.0 Å². The van der Waals surface area contributed by atoms with Crippen molar-refractivity contribution < 1.29 is 48.1 Å². The number of hydrogen-bond acceptors (Lipinski definition) is 9. The molecule has 1 saturated heterocycles. The summed E-state index contributed by atoms with van der Waals surface area (Å²) in [7, 11) is 0. The highest BCUT2D eigenvalue weighted by atomic mass is 16.6. The third kappa shape index (κ3) is 15.8. The molecular formula is C41H63N5O10. The van der Waals surface area contributed by atoms with Crippen LogP contribution < -0.4 is 16.0 Å². The SMILES string of the molecule is CC(C)(C)OC(=O)NCCCC[C@H](NC(=O)[C@@H]1CCCN1C(=O)[C@@H](CC1CCCCC1)N(CC(=O)O)C(=O)OC(C)(C)C)C(=O)C(=O)NCCc1ccccc1. The molecule has 1 aromatic rings. The zero-order chi connectivity index (χ0) is 41.5. The Kier molecular flexibility index (Phi) is 17.6. The lowest BCUT2D eigenvalue weighted by Crippen LogP contribution is -2.58. The molecule has 1 heterocycles. The molecule has 15 nitrogen and oxygen atoms in total. The summed E-state index contributed by atoms with van der Waals surface area (Å²) in [4.78, 5) is 95.2. The van der Waals surface area contributed by atoms with Crippen molar-refractivity contribution in [2.24, 2.45) is 5.92 Å². The molecule has 5 amide bonds. The average molecular weight is 786 g/mol. The number of carboxylic acid groups (broad SMARTS) is 1. The normalized spacial score (nSPS) is 17.2. The maximum Gasteiger partial charge on any atom is 0.411 e. The van der Waals surface area contributed by atoms with Gasteiger partial charge in [0, 0.05) is 19.6 Å². The number of unbranched alkanes of at least 4 members (excludes halogenated alkanes) is 1. The highest BCUT2D eigenvalue weighted by Gasteiger charge is 2.43. The molecule has 1 aromatic carbocycles. The Bertz CT molecular complexity index is 1500. The molecule has 15 heteroatoms. The fourth-order valence-electron chi connectivity index (χ4n) is 7.09. The fourth-order valence-corrected chi connectivity index (χ4v) is 7.09. The van der Waals surface area contributed by atoms with Crippen LogP contribution in [0.3, 0.4) is 0 Å². The Hall–Kier alpha value is -4.69. The summed E-state index contributed by atoms with van der Waals surface area (Å²) < 4.78 is 10.8. The van der Waals surface area contributed by atoms with Gasteiger partial charge < -0.3 is 35.4 Å². The number of likely N-dealkylation sites (tertiary alicyclic amines) is 1. The van der Waals surface area contributed by atoms with Crippen LogP contribution >= 0.6 is 0 Å². The van der Waals surface area contributed by atoms with Gasteiger partial charge in [0.1, 0.15) is 29.8 Å². The lowest BCUT2D eigenvalue weighted by atomic mass is 9.84. The minimum absolute atomic E-state index is 0.0681. The molecule has 4 N–H and O–H groups in total. The van der Waals surface area contributed by atoms with E-state index in [-0.39, 0.29) is 44.8 Å². The number of carbonyl (C=O) groups is 7. The number of aliphatic carboxylic acids is 1. The summed E-state index contributed by atoms with van der Waals surface area (Å²) in [5, 5.41) is 17.9. The smallest absolute Gasteiger partial charge is 0.411 e. The highest BCUT2D eigenvalue weighted by molar-refractivity contribution is 6.38. The summed E-state index contributed by atoms with van der Waals surface area (Å²) in [6.07, 6.45) is 5.42. The summed E-state index contributed by atoms with van der Waals surface area (Å²) in [6, 6.07) is 6.02. The van der Waals surface area contributed by atoms with E-state index in [0.29, 0.717) is 25.7 Å². The first-order chi connectivity index (χ1) is 26.3. The lowest BCUT2D eigenvalue weighted by Gasteiger charge is -2.37. The van der Waals surface area contributed by atoms with E-state index in [1.165, 1.54) is 4.90 Å². The molecule has 0 radical (unpaired) electrons. The van der Waals surface area contributed by atoms with Crippen LogP contribution in [0, 0.1) is 5.92 Å². The first-order valence-electron chi connectivity index (χ1n) is 20.0. The molecule has 3 atom stereocenters. The van der Waals surface area contributed by atoms with E-state index >= 15 is 0 Å². The van der Waals surface area contributed by atoms with Gasteiger partial charge in [-0.25, -0.2) is 9.59 Å². The topological polar surface area (TPSA) is 201 Å². The summed E-state index contributed by atoms with van der Waals surface area (Å²) in [5.41, 5.74) is -0.650. The molecule has 2 fully saturated rings. The predicted octanol–water partition coefficient (Wildman–Crippen LogP) is 4.75. The van der Waals surface area contributed by atoms with E-state index < -0.39 is 77.5 Å². The number of nitrogens with zero attached hydrogens (tertiary/aromatic N) is 2. The number of ether oxygens (including phenoxy) is 2. The van der Waals surface area contributed by atoms with E-state index in [0.717, 1.165) is 42.6 Å². The number of amides is 5. The third-order valence-electron chi connectivity index (χ3n) is 9.70. The van der Waals surface area contributed by atoms with Crippen LogP contribution in [0.2, 0.25) is 0 Å². The monoisotopic (exact) mass is 785 g/mol. The van der Waals surface area contributed by atoms with Gasteiger partial charge in [0.25, 0.3) is 5.91 Å². The maximum atomic E-state index is 14.5. The fraction of sp³-hybridized carbons (Fsp3) is 0.683. The summed E-state index contributed by atoms with van der Waals surface area (Å²) in [6.45, 7) is 10.1. The lowest BCUT2D eigenvalue weighted by molar-refractivity contribution is -0.147. The van der Waals surface area contributed by atoms with Crippen molar-refractivity contribution in [3.05, 3.63) is 35.9 Å². The number of nitrogens with one attached hydrogen (secondary N) is 3. The number of hydrogen-bond donors (Lipinski definition) is 4. The Balaban J connectivity index is 1.79. The van der Waals surface area contributed by atoms with E-state index in [1.54, 1.807) is 41.5 Å². The van der Waals surface area contributed by atoms with Crippen LogP contribution in [-0.4, -0.2) is 112 Å². The van der Waals surface area contributed by atoms with Crippen molar-refractivity contribution in [2.45, 2.75) is 148 Å². The first kappa shape index (κ1) is 45.7. The van der Waals surface area contributed by atoms with Crippen molar-refractivity contribution in [1.82, 2.24) is 25.8 Å². The number of ketones is 1. The van der Waals surface area contributed by atoms with E-state index in [4.69, 9.17) is 9.47 Å². The predicted molar refractivity (Wildman–Crippen MR) is 208 cm³/mol. The van der Waals surface area contributed by atoms with Gasteiger partial charge in [-0.15, -0.1) is 0 Å². The second-order valence-electron chi connectivity index (χ2n) is 16.8. The molecule has 1 aliphatic carbocycles. The van der Waals surface area contributed by atoms with Crippen LogP contribution in [0.4, 0.5) is 9.59 Å². The number of alkyl carbamates (subject to hydrolysis) is 1. The molecule has 56 heavy (non-hydrogen) atoms. The molecule has 312 valence electrons. The van der Waals surface area contributed by atoms with Crippen LogP contribution in [-0.2, 0) is 39.9 Å². The molecule has 1 aliphatic heterocycles. The third-order valence-corrected chi connectivity index (χ3v) is 9.70. The van der Waals surface area contributed by atoms with Crippen molar-refractivity contribution in [1.29, 1.82) is 0 Å². The molecule has 0 unspecified atom stereocenters. The number of carboxylic acids is 1. The molecule has 0 bridgehead atoms. The van der Waals surface area contributed by atoms with Gasteiger partial charge in [0.2, 0.25) is 17.6 Å². The second kappa shape index (κ2) is 21.6. The van der Waals surface area contributed by atoms with E-state index in [1.807, 2.05) is 30.3 Å². The quantitative estimate of drug-likeness (QED) is 0.119. The largest absolute Gasteiger partial charge is 0.480 e. The second-order valence-corrected chi connectivity index (χ2v) is 16.8. The van der Waals surface area contributed by atoms with Gasteiger partial charge in [0.05, 0.1) is 6.04 Å². The molecule has 0 spiro atoms. The summed E-state index contributed by atoms with van der Waals surface area (Å²) in [5.74, 6) is -4.12. The van der Waals surface area contributed by atoms with Crippen LogP contribution in [0.5, 0.6) is 0 Å². The van der Waals surface area contributed by atoms with Crippen LogP contribution in [0.25, 0.3) is 0 Å². The summed E-state index contributed by atoms with van der Waals surface area (Å²) >= 11 is 0. The number of rotatable bonds is 18. The van der Waals surface area contributed by atoms with Gasteiger partial charge in [-0.05, 0) is 98.0 Å². The number of benzene rings is 1. The molecule has 0 aromatic heterocycles. The molecular weight excluding hydrogens is 722 g/mol. The Morgan fingerprint density at radius 1 is 0.839 bits per heavy atom. The zero-order valence-corrected chi connectivity index (χ0v) is 34.0. The average Bonchev–Trinajstić information content (AvgIpc) is 3.61.